The highest BCUT2D eigenvalue weighted by Crippen LogP contribution is 2.33. The summed E-state index contributed by atoms with van der Waals surface area (Å²) in [5.41, 5.74) is 3.73. The van der Waals surface area contributed by atoms with Gasteiger partial charge in [-0.2, -0.15) is 0 Å². The lowest BCUT2D eigenvalue weighted by Crippen LogP contribution is -1.95. The fourth-order valence-electron chi connectivity index (χ4n) is 2.20. The number of nitrogens with zero attached hydrogens (tertiary/aromatic N) is 1. The molecule has 1 aromatic carbocycles. The van der Waals surface area contributed by atoms with E-state index in [0.29, 0.717) is 6.54 Å². The summed E-state index contributed by atoms with van der Waals surface area (Å²) in [6.07, 6.45) is 4.87. The van der Waals surface area contributed by atoms with E-state index in [1.807, 2.05) is 12.1 Å². The van der Waals surface area contributed by atoms with Gasteiger partial charge in [-0.1, -0.05) is 6.07 Å². The summed E-state index contributed by atoms with van der Waals surface area (Å²) in [5.74, 6) is 0.960. The molecule has 15 heavy (non-hydrogen) atoms. The Balaban J connectivity index is 2.42. The molecule has 2 rings (SSSR count). The monoisotopic (exact) mass is 203 g/mol. The maximum atomic E-state index is 10.1. The summed E-state index contributed by atoms with van der Waals surface area (Å²) in [7, 11) is 1.69. The van der Waals surface area contributed by atoms with Crippen molar-refractivity contribution in [2.24, 2.45) is 4.99 Å². The summed E-state index contributed by atoms with van der Waals surface area (Å²) >= 11 is 0. The first-order chi connectivity index (χ1) is 7.36. The summed E-state index contributed by atoms with van der Waals surface area (Å²) in [6.45, 7) is 0.440. The van der Waals surface area contributed by atoms with Crippen molar-refractivity contribution >= 4 is 6.08 Å². The van der Waals surface area contributed by atoms with Crippen LogP contribution < -0.4 is 4.74 Å². The maximum absolute atomic E-state index is 10.1. The van der Waals surface area contributed by atoms with Crippen molar-refractivity contribution in [2.75, 3.05) is 7.11 Å². The standard InChI is InChI=1S/C12H13NO2/c1-15-12-6-5-9(7-13-8-14)10-3-2-4-11(10)12/h5-6H,2-4,7H2,1H3. The number of isocyanates is 1. The SMILES string of the molecule is COc1ccc(CN=C=O)c2c1CCC2. The molecule has 0 fully saturated rings. The smallest absolute Gasteiger partial charge is 0.235 e. The number of hydrogen-bond donors (Lipinski definition) is 0. The Bertz CT molecular complexity index is 420. The fraction of sp³-hybridized carbons (Fsp3) is 0.417. The quantitative estimate of drug-likeness (QED) is 0.557. The molecule has 1 aliphatic rings. The second-order valence-electron chi connectivity index (χ2n) is 3.65. The summed E-state index contributed by atoms with van der Waals surface area (Å²) in [6, 6.07) is 3.95. The minimum Gasteiger partial charge on any atom is -0.496 e. The van der Waals surface area contributed by atoms with Gasteiger partial charge in [0.15, 0.2) is 0 Å². The Hall–Kier alpha value is -1.60. The topological polar surface area (TPSA) is 38.7 Å². The first-order valence-electron chi connectivity index (χ1n) is 5.08. The van der Waals surface area contributed by atoms with E-state index in [4.69, 9.17) is 4.74 Å². The van der Waals surface area contributed by atoms with E-state index in [2.05, 4.69) is 4.99 Å². The number of methoxy groups -OCH3 is 1. The molecule has 1 aromatic rings. The van der Waals surface area contributed by atoms with E-state index in [1.165, 1.54) is 11.1 Å². The van der Waals surface area contributed by atoms with Crippen LogP contribution in [0.5, 0.6) is 5.75 Å². The van der Waals surface area contributed by atoms with Crippen LogP contribution in [0.15, 0.2) is 17.1 Å². The number of benzene rings is 1. The third-order valence-electron chi connectivity index (χ3n) is 2.87. The van der Waals surface area contributed by atoms with E-state index in [-0.39, 0.29) is 0 Å². The van der Waals surface area contributed by atoms with Gasteiger partial charge in [-0.25, -0.2) is 9.79 Å². The van der Waals surface area contributed by atoms with Crippen LogP contribution in [0.1, 0.15) is 23.1 Å². The van der Waals surface area contributed by atoms with Crippen LogP contribution in [-0.2, 0) is 24.2 Å². The molecule has 0 aliphatic heterocycles. The molecule has 0 radical (unpaired) electrons. The first-order valence-corrected chi connectivity index (χ1v) is 5.08. The minimum absolute atomic E-state index is 0.440. The number of carbonyl (C=O) groups excluding carboxylic acids is 1. The van der Waals surface area contributed by atoms with Crippen LogP contribution in [-0.4, -0.2) is 13.2 Å². The van der Waals surface area contributed by atoms with Crippen molar-refractivity contribution in [1.82, 2.24) is 0 Å². The molecule has 0 saturated carbocycles. The van der Waals surface area contributed by atoms with Gasteiger partial charge in [-0.3, -0.25) is 0 Å². The lowest BCUT2D eigenvalue weighted by atomic mass is 10.0. The molecule has 1 aliphatic carbocycles. The Labute approximate surface area is 88.8 Å². The zero-order valence-electron chi connectivity index (χ0n) is 8.75. The van der Waals surface area contributed by atoms with Crippen LogP contribution in [0.25, 0.3) is 0 Å². The maximum Gasteiger partial charge on any atom is 0.235 e. The van der Waals surface area contributed by atoms with Crippen LogP contribution >= 0.6 is 0 Å². The summed E-state index contributed by atoms with van der Waals surface area (Å²) in [5, 5.41) is 0. The molecule has 0 unspecified atom stereocenters. The normalized spacial score (nSPS) is 13.1. The summed E-state index contributed by atoms with van der Waals surface area (Å²) < 4.78 is 5.31. The van der Waals surface area contributed by atoms with Gasteiger partial charge in [-0.15, -0.1) is 0 Å². The molecule has 0 heterocycles. The number of hydrogen-bond acceptors (Lipinski definition) is 3. The largest absolute Gasteiger partial charge is 0.496 e. The molecule has 0 bridgehead atoms. The Kier molecular flexibility index (Phi) is 2.84. The Morgan fingerprint density at radius 2 is 2.20 bits per heavy atom. The van der Waals surface area contributed by atoms with Crippen molar-refractivity contribution < 1.29 is 9.53 Å². The molecule has 3 nitrogen and oxygen atoms in total. The highest BCUT2D eigenvalue weighted by Gasteiger charge is 2.18. The van der Waals surface area contributed by atoms with Crippen molar-refractivity contribution in [3.63, 3.8) is 0 Å². The van der Waals surface area contributed by atoms with Gasteiger partial charge in [0.2, 0.25) is 6.08 Å². The highest BCUT2D eigenvalue weighted by molar-refractivity contribution is 5.48. The summed E-state index contributed by atoms with van der Waals surface area (Å²) in [4.78, 5) is 13.7. The fourth-order valence-corrected chi connectivity index (χ4v) is 2.20. The molecule has 0 saturated heterocycles. The molecule has 0 N–H and O–H groups in total. The number of fused-ring (bicyclic) bond motifs is 1. The Morgan fingerprint density at radius 1 is 1.40 bits per heavy atom. The minimum atomic E-state index is 0.440. The Morgan fingerprint density at radius 3 is 2.93 bits per heavy atom. The van der Waals surface area contributed by atoms with Crippen molar-refractivity contribution in [1.29, 1.82) is 0 Å². The van der Waals surface area contributed by atoms with E-state index in [1.54, 1.807) is 13.2 Å². The van der Waals surface area contributed by atoms with E-state index in [0.717, 1.165) is 30.6 Å². The van der Waals surface area contributed by atoms with Crippen molar-refractivity contribution in [3.8, 4) is 5.75 Å². The van der Waals surface area contributed by atoms with Crippen LogP contribution in [0, 0.1) is 0 Å². The predicted octanol–water partition coefficient (Wildman–Crippen LogP) is 2.02. The second kappa shape index (κ2) is 4.28. The number of ether oxygens (including phenoxy) is 1. The van der Waals surface area contributed by atoms with Gasteiger partial charge >= 0.3 is 0 Å². The molecule has 0 amide bonds. The average molecular weight is 203 g/mol. The molecule has 78 valence electrons. The highest BCUT2D eigenvalue weighted by atomic mass is 16.5. The zero-order valence-corrected chi connectivity index (χ0v) is 8.75. The van der Waals surface area contributed by atoms with Gasteiger partial charge < -0.3 is 4.74 Å². The molecule has 0 atom stereocenters. The van der Waals surface area contributed by atoms with Crippen molar-refractivity contribution in [3.05, 3.63) is 28.8 Å². The third kappa shape index (κ3) is 1.79. The van der Waals surface area contributed by atoms with Crippen LogP contribution in [0.4, 0.5) is 0 Å². The first kappa shape index (κ1) is 9.94. The van der Waals surface area contributed by atoms with Crippen LogP contribution in [0.2, 0.25) is 0 Å². The van der Waals surface area contributed by atoms with Gasteiger partial charge in [-0.05, 0) is 42.0 Å². The molecular formula is C12H13NO2. The lowest BCUT2D eigenvalue weighted by molar-refractivity contribution is 0.410. The molecule has 0 spiro atoms. The van der Waals surface area contributed by atoms with E-state index < -0.39 is 0 Å². The lowest BCUT2D eigenvalue weighted by Gasteiger charge is -2.10. The average Bonchev–Trinajstić information content (AvgIpc) is 2.74. The van der Waals surface area contributed by atoms with Crippen LogP contribution in [0.3, 0.4) is 0 Å². The van der Waals surface area contributed by atoms with Crippen molar-refractivity contribution in [2.45, 2.75) is 25.8 Å². The van der Waals surface area contributed by atoms with Gasteiger partial charge in [0.1, 0.15) is 5.75 Å². The number of rotatable bonds is 3. The zero-order chi connectivity index (χ0) is 10.7. The van der Waals surface area contributed by atoms with Gasteiger partial charge in [0.25, 0.3) is 0 Å². The predicted molar refractivity (Wildman–Crippen MR) is 56.8 cm³/mol. The van der Waals surface area contributed by atoms with Gasteiger partial charge in [0.05, 0.1) is 13.7 Å². The second-order valence-corrected chi connectivity index (χ2v) is 3.65. The number of aliphatic imine (C=N–C) groups is 1. The molecule has 0 aromatic heterocycles. The van der Waals surface area contributed by atoms with E-state index >= 15 is 0 Å². The van der Waals surface area contributed by atoms with Gasteiger partial charge in [0, 0.05) is 0 Å². The molecule has 3 heteroatoms. The van der Waals surface area contributed by atoms with E-state index in [9.17, 15) is 4.79 Å². The molecular weight excluding hydrogens is 190 g/mol. The third-order valence-corrected chi connectivity index (χ3v) is 2.87.